The van der Waals surface area contributed by atoms with Crippen LogP contribution >= 0.6 is 11.6 Å². The van der Waals surface area contributed by atoms with Crippen molar-refractivity contribution in [2.45, 2.75) is 0 Å². The van der Waals surface area contributed by atoms with Crippen molar-refractivity contribution in [2.75, 3.05) is 0 Å². The van der Waals surface area contributed by atoms with E-state index in [0.29, 0.717) is 16.6 Å². The topological polar surface area (TPSA) is 54.7 Å². The maximum absolute atomic E-state index is 5.97. The molecule has 0 amide bonds. The van der Waals surface area contributed by atoms with Gasteiger partial charge in [-0.1, -0.05) is 11.6 Å². The quantitative estimate of drug-likeness (QED) is 0.591. The van der Waals surface area contributed by atoms with Gasteiger partial charge in [0, 0.05) is 28.9 Å². The van der Waals surface area contributed by atoms with E-state index in [1.807, 2.05) is 42.6 Å². The zero-order chi connectivity index (χ0) is 14.2. The number of nitrogens with zero attached hydrogens (tertiary/aromatic N) is 2. The smallest absolute Gasteiger partial charge is 0.196 e. The van der Waals surface area contributed by atoms with Gasteiger partial charge in [-0.3, -0.25) is 0 Å². The van der Waals surface area contributed by atoms with E-state index in [9.17, 15) is 0 Å². The van der Waals surface area contributed by atoms with Crippen LogP contribution in [-0.4, -0.2) is 15.0 Å². The second kappa shape index (κ2) is 4.75. The third-order valence-corrected chi connectivity index (χ3v) is 3.47. The van der Waals surface area contributed by atoms with Crippen LogP contribution in [0.15, 0.2) is 59.3 Å². The number of nitrogens with one attached hydrogen (secondary N) is 1. The van der Waals surface area contributed by atoms with E-state index >= 15 is 0 Å². The maximum Gasteiger partial charge on any atom is 0.196 e. The molecular weight excluding hydrogens is 286 g/mol. The number of halogens is 1. The Balaban J connectivity index is 1.83. The van der Waals surface area contributed by atoms with Crippen LogP contribution in [0.1, 0.15) is 0 Å². The van der Waals surface area contributed by atoms with Crippen molar-refractivity contribution in [1.82, 2.24) is 15.0 Å². The van der Waals surface area contributed by atoms with E-state index in [4.69, 9.17) is 16.0 Å². The van der Waals surface area contributed by atoms with Crippen LogP contribution in [0.4, 0.5) is 0 Å². The van der Waals surface area contributed by atoms with E-state index in [-0.39, 0.29) is 0 Å². The van der Waals surface area contributed by atoms with Crippen LogP contribution in [0.5, 0.6) is 0 Å². The fraction of sp³-hybridized carbons (Fsp3) is 0. The van der Waals surface area contributed by atoms with Gasteiger partial charge in [-0.05, 0) is 36.4 Å². The zero-order valence-corrected chi connectivity index (χ0v) is 11.6. The highest BCUT2D eigenvalue weighted by molar-refractivity contribution is 6.31. The minimum Gasteiger partial charge on any atom is -0.453 e. The van der Waals surface area contributed by atoms with Gasteiger partial charge in [0.05, 0.1) is 11.4 Å². The Labute approximate surface area is 125 Å². The zero-order valence-electron chi connectivity index (χ0n) is 10.9. The van der Waals surface area contributed by atoms with Crippen LogP contribution < -0.4 is 0 Å². The Bertz CT molecular complexity index is 912. The minimum atomic E-state index is 0.550. The van der Waals surface area contributed by atoms with Crippen LogP contribution in [0.3, 0.4) is 0 Å². The molecule has 4 nitrogen and oxygen atoms in total. The number of aromatic nitrogens is 3. The van der Waals surface area contributed by atoms with Crippen molar-refractivity contribution in [3.63, 3.8) is 0 Å². The summed E-state index contributed by atoms with van der Waals surface area (Å²) < 4.78 is 5.79. The summed E-state index contributed by atoms with van der Waals surface area (Å²) in [6, 6.07) is 13.2. The van der Waals surface area contributed by atoms with E-state index in [1.54, 1.807) is 12.3 Å². The van der Waals surface area contributed by atoms with Crippen LogP contribution in [-0.2, 0) is 0 Å². The summed E-state index contributed by atoms with van der Waals surface area (Å²) >= 11 is 5.97. The molecule has 0 unspecified atom stereocenters. The number of furan rings is 1. The number of benzene rings is 1. The number of fused-ring (bicyclic) bond motifs is 1. The molecule has 5 heteroatoms. The van der Waals surface area contributed by atoms with Crippen LogP contribution in [0, 0.1) is 0 Å². The number of aromatic amines is 1. The molecule has 4 rings (SSSR count). The molecule has 21 heavy (non-hydrogen) atoms. The molecule has 102 valence electrons. The third kappa shape index (κ3) is 2.19. The third-order valence-electron chi connectivity index (χ3n) is 3.23. The molecule has 0 spiro atoms. The Morgan fingerprint density at radius 1 is 1.10 bits per heavy atom. The first-order valence-electron chi connectivity index (χ1n) is 6.46. The second-order valence-corrected chi connectivity index (χ2v) is 5.08. The predicted octanol–water partition coefficient (Wildman–Crippen LogP) is 4.54. The molecule has 0 radical (unpaired) electrons. The van der Waals surface area contributed by atoms with Crippen molar-refractivity contribution in [1.29, 1.82) is 0 Å². The summed E-state index contributed by atoms with van der Waals surface area (Å²) in [4.78, 5) is 11.9. The Kier molecular flexibility index (Phi) is 2.75. The van der Waals surface area contributed by atoms with Gasteiger partial charge < -0.3 is 9.40 Å². The number of rotatable bonds is 2. The van der Waals surface area contributed by atoms with Gasteiger partial charge in [0.2, 0.25) is 0 Å². The summed E-state index contributed by atoms with van der Waals surface area (Å²) in [5.41, 5.74) is 2.49. The lowest BCUT2D eigenvalue weighted by Gasteiger charge is -1.99. The van der Waals surface area contributed by atoms with E-state index in [1.165, 1.54) is 0 Å². The maximum atomic E-state index is 5.97. The molecule has 0 aliphatic rings. The fourth-order valence-corrected chi connectivity index (χ4v) is 2.39. The average Bonchev–Trinajstić information content (AvgIpc) is 3.16. The Morgan fingerprint density at radius 3 is 2.90 bits per heavy atom. The predicted molar refractivity (Wildman–Crippen MR) is 82.0 cm³/mol. The van der Waals surface area contributed by atoms with Crippen molar-refractivity contribution in [2.24, 2.45) is 0 Å². The lowest BCUT2D eigenvalue weighted by Crippen LogP contribution is -1.90. The number of H-pyrrole nitrogens is 1. The Morgan fingerprint density at radius 2 is 2.05 bits per heavy atom. The molecule has 0 aliphatic carbocycles. The van der Waals surface area contributed by atoms with Gasteiger partial charge in [0.25, 0.3) is 0 Å². The van der Waals surface area contributed by atoms with Gasteiger partial charge in [-0.15, -0.1) is 0 Å². The number of hydrogen-bond donors (Lipinski definition) is 1. The van der Waals surface area contributed by atoms with Gasteiger partial charge >= 0.3 is 0 Å². The highest BCUT2D eigenvalue weighted by atomic mass is 35.5. The molecule has 1 N–H and O–H groups in total. The summed E-state index contributed by atoms with van der Waals surface area (Å²) in [5, 5.41) is 1.62. The van der Waals surface area contributed by atoms with Crippen molar-refractivity contribution in [3.05, 3.63) is 59.9 Å². The molecule has 3 heterocycles. The molecule has 0 aliphatic heterocycles. The number of hydrogen-bond acceptors (Lipinski definition) is 3. The van der Waals surface area contributed by atoms with E-state index in [0.717, 1.165) is 22.4 Å². The lowest BCUT2D eigenvalue weighted by molar-refractivity contribution is 0.625. The lowest BCUT2D eigenvalue weighted by atomic mass is 10.2. The monoisotopic (exact) mass is 295 g/mol. The molecule has 1 aromatic carbocycles. The normalized spacial score (nSPS) is 11.1. The molecule has 0 saturated carbocycles. The summed E-state index contributed by atoms with van der Waals surface area (Å²) in [6.07, 6.45) is 3.58. The second-order valence-electron chi connectivity index (χ2n) is 4.64. The molecular formula is C16H10ClN3O. The SMILES string of the molecule is Clc1ccc2cc(-c3nccc(-c4ccc[nH]4)n3)oc2c1. The van der Waals surface area contributed by atoms with Gasteiger partial charge in [-0.2, -0.15) is 0 Å². The van der Waals surface area contributed by atoms with Crippen LogP contribution in [0.2, 0.25) is 5.02 Å². The molecule has 0 bridgehead atoms. The molecule has 3 aromatic heterocycles. The van der Waals surface area contributed by atoms with Crippen molar-refractivity contribution < 1.29 is 4.42 Å². The largest absolute Gasteiger partial charge is 0.453 e. The minimum absolute atomic E-state index is 0.550. The van der Waals surface area contributed by atoms with Gasteiger partial charge in [0.15, 0.2) is 11.6 Å². The van der Waals surface area contributed by atoms with Crippen LogP contribution in [0.25, 0.3) is 33.9 Å². The van der Waals surface area contributed by atoms with E-state index < -0.39 is 0 Å². The van der Waals surface area contributed by atoms with Gasteiger partial charge in [0.1, 0.15) is 5.58 Å². The standard InChI is InChI=1S/C16H10ClN3O/c17-11-4-3-10-8-15(21-14(10)9-11)16-19-7-5-13(20-16)12-2-1-6-18-12/h1-9,18H. The highest BCUT2D eigenvalue weighted by Gasteiger charge is 2.10. The summed E-state index contributed by atoms with van der Waals surface area (Å²) in [7, 11) is 0. The van der Waals surface area contributed by atoms with Crippen molar-refractivity contribution >= 4 is 22.6 Å². The highest BCUT2D eigenvalue weighted by Crippen LogP contribution is 2.28. The average molecular weight is 296 g/mol. The molecule has 4 aromatic rings. The fourth-order valence-electron chi connectivity index (χ4n) is 2.23. The summed E-state index contributed by atoms with van der Waals surface area (Å²) in [5.74, 6) is 1.18. The molecule has 0 fully saturated rings. The molecule has 0 atom stereocenters. The van der Waals surface area contributed by atoms with E-state index in [2.05, 4.69) is 15.0 Å². The molecule has 0 saturated heterocycles. The van der Waals surface area contributed by atoms with Crippen molar-refractivity contribution in [3.8, 4) is 23.0 Å². The first-order valence-corrected chi connectivity index (χ1v) is 6.84. The first kappa shape index (κ1) is 12.2. The summed E-state index contributed by atoms with van der Waals surface area (Å²) in [6.45, 7) is 0. The first-order chi connectivity index (χ1) is 10.3. The van der Waals surface area contributed by atoms with Gasteiger partial charge in [-0.25, -0.2) is 9.97 Å². The Hall–Kier alpha value is -2.59.